The van der Waals surface area contributed by atoms with E-state index in [1.807, 2.05) is 13.8 Å². The zero-order valence-electron chi connectivity index (χ0n) is 7.54. The Kier molecular flexibility index (Phi) is 5.28. The van der Waals surface area contributed by atoms with Crippen LogP contribution < -0.4 is 11.1 Å². The molecule has 70 valence electrons. The lowest BCUT2D eigenvalue weighted by Gasteiger charge is -2.14. The average molecular weight is 172 g/mol. The van der Waals surface area contributed by atoms with E-state index in [1.54, 1.807) is 0 Å². The fraction of sp³-hybridized carbons (Fsp3) is 0.750. The second-order valence-electron chi connectivity index (χ2n) is 3.02. The van der Waals surface area contributed by atoms with Gasteiger partial charge in [0.1, 0.15) is 6.29 Å². The van der Waals surface area contributed by atoms with Gasteiger partial charge in [-0.2, -0.15) is 0 Å². The van der Waals surface area contributed by atoms with Crippen molar-refractivity contribution in [3.05, 3.63) is 0 Å². The Morgan fingerprint density at radius 3 is 2.58 bits per heavy atom. The Labute approximate surface area is 72.5 Å². The quantitative estimate of drug-likeness (QED) is 0.441. The fourth-order valence-corrected chi connectivity index (χ4v) is 0.675. The summed E-state index contributed by atoms with van der Waals surface area (Å²) in [5.41, 5.74) is 5.54. The van der Waals surface area contributed by atoms with Crippen LogP contribution in [0, 0.1) is 5.92 Å². The van der Waals surface area contributed by atoms with Crippen LogP contribution in [0.1, 0.15) is 20.3 Å². The number of hydrogen-bond acceptors (Lipinski definition) is 3. The third-order valence-electron chi connectivity index (χ3n) is 1.58. The number of nitrogens with one attached hydrogen (secondary N) is 1. The largest absolute Gasteiger partial charge is 0.354 e. The summed E-state index contributed by atoms with van der Waals surface area (Å²) in [5.74, 6) is -0.0620. The van der Waals surface area contributed by atoms with E-state index < -0.39 is 6.04 Å². The summed E-state index contributed by atoms with van der Waals surface area (Å²) < 4.78 is 0. The van der Waals surface area contributed by atoms with E-state index in [4.69, 9.17) is 5.73 Å². The molecule has 1 atom stereocenters. The van der Waals surface area contributed by atoms with Crippen molar-refractivity contribution in [2.24, 2.45) is 11.7 Å². The maximum Gasteiger partial charge on any atom is 0.237 e. The van der Waals surface area contributed by atoms with Crippen molar-refractivity contribution >= 4 is 12.2 Å². The molecule has 0 saturated carbocycles. The van der Waals surface area contributed by atoms with Crippen LogP contribution in [0.3, 0.4) is 0 Å². The van der Waals surface area contributed by atoms with Crippen LogP contribution in [0.4, 0.5) is 0 Å². The highest BCUT2D eigenvalue weighted by atomic mass is 16.2. The lowest BCUT2D eigenvalue weighted by molar-refractivity contribution is -0.123. The first-order valence-electron chi connectivity index (χ1n) is 4.06. The molecule has 1 amide bonds. The molecular formula is C8H16N2O2. The van der Waals surface area contributed by atoms with Gasteiger partial charge in [-0.1, -0.05) is 13.8 Å². The first-order valence-corrected chi connectivity index (χ1v) is 4.06. The van der Waals surface area contributed by atoms with E-state index in [1.165, 1.54) is 0 Å². The van der Waals surface area contributed by atoms with Crippen LogP contribution in [-0.2, 0) is 9.59 Å². The van der Waals surface area contributed by atoms with Gasteiger partial charge in [-0.05, 0) is 5.92 Å². The van der Waals surface area contributed by atoms with Crippen molar-refractivity contribution in [3.63, 3.8) is 0 Å². The van der Waals surface area contributed by atoms with Crippen molar-refractivity contribution < 1.29 is 9.59 Å². The fourth-order valence-electron chi connectivity index (χ4n) is 0.675. The minimum absolute atomic E-state index is 0.126. The van der Waals surface area contributed by atoms with Gasteiger partial charge in [-0.25, -0.2) is 0 Å². The van der Waals surface area contributed by atoms with E-state index in [9.17, 15) is 9.59 Å². The molecule has 4 heteroatoms. The average Bonchev–Trinajstić information content (AvgIpc) is 2.03. The third-order valence-corrected chi connectivity index (χ3v) is 1.58. The van der Waals surface area contributed by atoms with Crippen molar-refractivity contribution in [1.29, 1.82) is 0 Å². The Hall–Kier alpha value is -0.900. The summed E-state index contributed by atoms with van der Waals surface area (Å²) in [7, 11) is 0. The molecule has 0 fully saturated rings. The summed E-state index contributed by atoms with van der Waals surface area (Å²) >= 11 is 0. The van der Waals surface area contributed by atoms with Gasteiger partial charge in [0.25, 0.3) is 0 Å². The molecule has 0 aliphatic rings. The van der Waals surface area contributed by atoms with E-state index in [-0.39, 0.29) is 11.8 Å². The van der Waals surface area contributed by atoms with Crippen molar-refractivity contribution in [3.8, 4) is 0 Å². The SMILES string of the molecule is CC(C)[C@H](N)C(=O)NCCC=O. The lowest BCUT2D eigenvalue weighted by Crippen LogP contribution is -2.44. The molecule has 12 heavy (non-hydrogen) atoms. The number of amides is 1. The molecule has 0 aliphatic heterocycles. The minimum Gasteiger partial charge on any atom is -0.354 e. The van der Waals surface area contributed by atoms with Gasteiger partial charge in [-0.3, -0.25) is 4.79 Å². The second-order valence-corrected chi connectivity index (χ2v) is 3.02. The van der Waals surface area contributed by atoms with Crippen LogP contribution in [0.5, 0.6) is 0 Å². The standard InChI is InChI=1S/C8H16N2O2/c1-6(2)7(9)8(12)10-4-3-5-11/h5-7H,3-4,9H2,1-2H3,(H,10,12)/t7-/m0/s1. The van der Waals surface area contributed by atoms with Crippen molar-refractivity contribution in [1.82, 2.24) is 5.32 Å². The van der Waals surface area contributed by atoms with E-state index >= 15 is 0 Å². The van der Waals surface area contributed by atoms with Crippen molar-refractivity contribution in [2.45, 2.75) is 26.3 Å². The van der Waals surface area contributed by atoms with Gasteiger partial charge in [0.15, 0.2) is 0 Å². The van der Waals surface area contributed by atoms with Crippen LogP contribution in [0.15, 0.2) is 0 Å². The van der Waals surface area contributed by atoms with Crippen LogP contribution in [-0.4, -0.2) is 24.8 Å². The van der Waals surface area contributed by atoms with Crippen molar-refractivity contribution in [2.75, 3.05) is 6.54 Å². The molecule has 0 rings (SSSR count). The molecule has 0 aromatic heterocycles. The van der Waals surface area contributed by atoms with Crippen LogP contribution in [0.2, 0.25) is 0 Å². The molecule has 4 nitrogen and oxygen atoms in total. The summed E-state index contributed by atoms with van der Waals surface area (Å²) in [6.07, 6.45) is 1.11. The molecule has 0 heterocycles. The summed E-state index contributed by atoms with van der Waals surface area (Å²) in [6.45, 7) is 4.14. The topological polar surface area (TPSA) is 72.2 Å². The summed E-state index contributed by atoms with van der Waals surface area (Å²) in [5, 5.41) is 2.57. The molecule has 0 saturated heterocycles. The van der Waals surface area contributed by atoms with Gasteiger partial charge < -0.3 is 15.8 Å². The zero-order chi connectivity index (χ0) is 9.56. The highest BCUT2D eigenvalue weighted by molar-refractivity contribution is 5.81. The molecule has 0 radical (unpaired) electrons. The molecule has 3 N–H and O–H groups in total. The van der Waals surface area contributed by atoms with Gasteiger partial charge in [0.05, 0.1) is 6.04 Å². The number of carbonyl (C=O) groups is 2. The Morgan fingerprint density at radius 2 is 2.17 bits per heavy atom. The maximum absolute atomic E-state index is 11.1. The number of rotatable bonds is 5. The van der Waals surface area contributed by atoms with Crippen LogP contribution in [0.25, 0.3) is 0 Å². The third kappa shape index (κ3) is 4.08. The summed E-state index contributed by atoms with van der Waals surface area (Å²) in [4.78, 5) is 21.0. The first kappa shape index (κ1) is 11.1. The Balaban J connectivity index is 3.64. The normalized spacial score (nSPS) is 12.7. The smallest absolute Gasteiger partial charge is 0.237 e. The number of hydrogen-bond donors (Lipinski definition) is 2. The molecular weight excluding hydrogens is 156 g/mol. The lowest BCUT2D eigenvalue weighted by atomic mass is 10.1. The summed E-state index contributed by atoms with van der Waals surface area (Å²) in [6, 6.07) is -0.475. The Bertz CT molecular complexity index is 157. The second kappa shape index (κ2) is 5.71. The van der Waals surface area contributed by atoms with Gasteiger partial charge in [0, 0.05) is 13.0 Å². The molecule has 0 aromatic rings. The predicted octanol–water partition coefficient (Wildman–Crippen LogP) is -0.325. The van der Waals surface area contributed by atoms with E-state index in [2.05, 4.69) is 5.32 Å². The molecule has 0 bridgehead atoms. The first-order chi connectivity index (χ1) is 5.59. The van der Waals surface area contributed by atoms with Gasteiger partial charge in [-0.15, -0.1) is 0 Å². The molecule has 0 aromatic carbocycles. The molecule has 0 unspecified atom stereocenters. The zero-order valence-corrected chi connectivity index (χ0v) is 7.54. The maximum atomic E-state index is 11.1. The molecule has 0 spiro atoms. The number of carbonyl (C=O) groups excluding carboxylic acids is 2. The highest BCUT2D eigenvalue weighted by Crippen LogP contribution is 1.97. The highest BCUT2D eigenvalue weighted by Gasteiger charge is 2.15. The number of nitrogens with two attached hydrogens (primary N) is 1. The van der Waals surface area contributed by atoms with E-state index in [0.29, 0.717) is 13.0 Å². The molecule has 0 aliphatic carbocycles. The van der Waals surface area contributed by atoms with Gasteiger partial charge in [0.2, 0.25) is 5.91 Å². The van der Waals surface area contributed by atoms with E-state index in [0.717, 1.165) is 6.29 Å². The predicted molar refractivity (Wildman–Crippen MR) is 46.5 cm³/mol. The Morgan fingerprint density at radius 1 is 1.58 bits per heavy atom. The minimum atomic E-state index is -0.475. The number of aldehydes is 1. The van der Waals surface area contributed by atoms with Crippen LogP contribution >= 0.6 is 0 Å². The van der Waals surface area contributed by atoms with Gasteiger partial charge >= 0.3 is 0 Å². The monoisotopic (exact) mass is 172 g/mol.